The van der Waals surface area contributed by atoms with Crippen molar-refractivity contribution in [2.24, 2.45) is 34.5 Å². The molecule has 1 aliphatic heterocycles. The van der Waals surface area contributed by atoms with Gasteiger partial charge in [-0.25, -0.2) is 0 Å². The largest absolute Gasteiger partial charge is 0.469 e. The van der Waals surface area contributed by atoms with E-state index < -0.39 is 17.1 Å². The zero-order chi connectivity index (χ0) is 21.5. The Balaban J connectivity index is 1.61. The maximum absolute atomic E-state index is 12.9. The highest BCUT2D eigenvalue weighted by molar-refractivity contribution is 5.92. The molecule has 0 bridgehead atoms. The maximum atomic E-state index is 12.9. The first-order valence-electron chi connectivity index (χ1n) is 11.4. The normalized spacial score (nSPS) is 49.7. The summed E-state index contributed by atoms with van der Waals surface area (Å²) in [5.74, 6) is -0.360. The van der Waals surface area contributed by atoms with Crippen molar-refractivity contribution in [1.82, 2.24) is 0 Å². The van der Waals surface area contributed by atoms with E-state index in [1.807, 2.05) is 0 Å². The van der Waals surface area contributed by atoms with E-state index in [2.05, 4.69) is 13.8 Å². The third-order valence-corrected chi connectivity index (χ3v) is 9.94. The smallest absolute Gasteiger partial charge is 0.309 e. The van der Waals surface area contributed by atoms with Crippen LogP contribution in [0.3, 0.4) is 0 Å². The predicted octanol–water partition coefficient (Wildman–Crippen LogP) is 2.96. The molecule has 0 amide bonds. The average Bonchev–Trinajstić information content (AvgIpc) is 3.24. The average molecular weight is 417 g/mol. The van der Waals surface area contributed by atoms with Crippen LogP contribution in [0.5, 0.6) is 0 Å². The topological polar surface area (TPSA) is 89.9 Å². The molecule has 5 rings (SSSR count). The van der Waals surface area contributed by atoms with E-state index in [0.717, 1.165) is 24.8 Å². The van der Waals surface area contributed by atoms with E-state index >= 15 is 0 Å². The fourth-order valence-electron chi connectivity index (χ4n) is 8.24. The van der Waals surface area contributed by atoms with E-state index in [-0.39, 0.29) is 46.8 Å². The lowest BCUT2D eigenvalue weighted by Gasteiger charge is -2.62. The van der Waals surface area contributed by atoms with Crippen LogP contribution < -0.4 is 0 Å². The lowest BCUT2D eigenvalue weighted by molar-refractivity contribution is -0.207. The Kier molecular flexibility index (Phi) is 4.32. The van der Waals surface area contributed by atoms with Crippen molar-refractivity contribution in [3.63, 3.8) is 0 Å². The molecule has 3 saturated carbocycles. The van der Waals surface area contributed by atoms with Gasteiger partial charge in [-0.1, -0.05) is 19.4 Å². The second-order valence-corrected chi connectivity index (χ2v) is 10.7. The number of fused-ring (bicyclic) bond motifs is 6. The van der Waals surface area contributed by atoms with Gasteiger partial charge in [0.05, 0.1) is 19.1 Å². The van der Waals surface area contributed by atoms with Crippen LogP contribution in [0.2, 0.25) is 0 Å². The zero-order valence-electron chi connectivity index (χ0n) is 18.1. The molecular weight excluding hydrogens is 384 g/mol. The van der Waals surface area contributed by atoms with Crippen LogP contribution >= 0.6 is 0 Å². The van der Waals surface area contributed by atoms with Gasteiger partial charge in [0.25, 0.3) is 0 Å². The molecule has 4 aliphatic carbocycles. The minimum atomic E-state index is -0.626. The van der Waals surface area contributed by atoms with E-state index in [9.17, 15) is 19.5 Å². The second-order valence-electron chi connectivity index (χ2n) is 10.7. The van der Waals surface area contributed by atoms with Crippen LogP contribution in [0.4, 0.5) is 0 Å². The standard InChI is InChI=1S/C24H32O6/c1-22-7-4-14(25)10-13(22)11-15(21(28)29-3)20-16-5-8-24(9-6-19(27)30-24)23(16,2)18(26)12-17(20)22/h10,15-18,20,26H,4-9,11-12H2,1-3H3/t15-,16?,17?,18+,20?,22+,23-,24-/m1/s1. The number of carbonyl (C=O) groups is 3. The van der Waals surface area contributed by atoms with Gasteiger partial charge in [-0.15, -0.1) is 0 Å². The van der Waals surface area contributed by atoms with Gasteiger partial charge in [0.15, 0.2) is 5.78 Å². The fourth-order valence-corrected chi connectivity index (χ4v) is 8.24. The molecule has 0 aromatic rings. The van der Waals surface area contributed by atoms with E-state index in [4.69, 9.17) is 9.47 Å². The van der Waals surface area contributed by atoms with Crippen molar-refractivity contribution in [3.8, 4) is 0 Å². The van der Waals surface area contributed by atoms with Crippen molar-refractivity contribution < 1.29 is 29.0 Å². The van der Waals surface area contributed by atoms with E-state index in [1.165, 1.54) is 7.11 Å². The van der Waals surface area contributed by atoms with Crippen molar-refractivity contribution in [2.75, 3.05) is 7.11 Å². The van der Waals surface area contributed by atoms with Crippen molar-refractivity contribution in [2.45, 2.75) is 76.9 Å². The molecule has 0 aromatic carbocycles. The van der Waals surface area contributed by atoms with E-state index in [0.29, 0.717) is 32.1 Å². The predicted molar refractivity (Wildman–Crippen MR) is 107 cm³/mol. The Labute approximate surface area is 177 Å². The molecule has 30 heavy (non-hydrogen) atoms. The van der Waals surface area contributed by atoms with Crippen LogP contribution in [-0.2, 0) is 23.9 Å². The Morgan fingerprint density at radius 2 is 1.93 bits per heavy atom. The monoisotopic (exact) mass is 416 g/mol. The molecule has 4 fully saturated rings. The number of esters is 2. The molecule has 8 atom stereocenters. The molecule has 5 aliphatic rings. The molecular formula is C24H32O6. The SMILES string of the molecule is COC(=O)[C@@H]1CC2=CC(=O)CC[C@]2(C)C2C[C@H](O)[C@@]3(C)C(CC[C@@]34CCC(=O)O4)C21. The number of allylic oxidation sites excluding steroid dienone is 1. The van der Waals surface area contributed by atoms with Crippen LogP contribution in [-0.4, -0.2) is 41.6 Å². The Morgan fingerprint density at radius 3 is 2.60 bits per heavy atom. The maximum Gasteiger partial charge on any atom is 0.309 e. The third kappa shape index (κ3) is 2.37. The number of ketones is 1. The van der Waals surface area contributed by atoms with Crippen LogP contribution in [0.15, 0.2) is 11.6 Å². The summed E-state index contributed by atoms with van der Waals surface area (Å²) in [6, 6.07) is 0. The molecule has 0 aromatic heterocycles. The number of rotatable bonds is 1. The molecule has 164 valence electrons. The summed E-state index contributed by atoms with van der Waals surface area (Å²) in [4.78, 5) is 37.2. The van der Waals surface area contributed by atoms with Crippen molar-refractivity contribution >= 4 is 17.7 Å². The highest BCUT2D eigenvalue weighted by atomic mass is 16.6. The van der Waals surface area contributed by atoms with Gasteiger partial charge >= 0.3 is 11.9 Å². The number of aliphatic hydroxyl groups is 1. The molecule has 1 N–H and O–H groups in total. The van der Waals surface area contributed by atoms with Crippen LogP contribution in [0.1, 0.15) is 65.2 Å². The fraction of sp³-hybridized carbons (Fsp3) is 0.792. The van der Waals surface area contributed by atoms with Gasteiger partial charge in [-0.05, 0) is 67.8 Å². The third-order valence-electron chi connectivity index (χ3n) is 9.94. The molecule has 1 spiro atoms. The first kappa shape index (κ1) is 20.2. The van der Waals surface area contributed by atoms with Crippen LogP contribution in [0.25, 0.3) is 0 Å². The van der Waals surface area contributed by atoms with Gasteiger partial charge in [-0.3, -0.25) is 14.4 Å². The Bertz CT molecular complexity index is 847. The quantitative estimate of drug-likeness (QED) is 0.661. The van der Waals surface area contributed by atoms with Gasteiger partial charge < -0.3 is 14.6 Å². The number of ether oxygens (including phenoxy) is 2. The Morgan fingerprint density at radius 1 is 1.17 bits per heavy atom. The first-order valence-corrected chi connectivity index (χ1v) is 11.4. The summed E-state index contributed by atoms with van der Waals surface area (Å²) in [5, 5.41) is 11.5. The molecule has 6 heteroatoms. The van der Waals surface area contributed by atoms with Gasteiger partial charge in [0.2, 0.25) is 0 Å². The zero-order valence-corrected chi connectivity index (χ0v) is 18.1. The van der Waals surface area contributed by atoms with Gasteiger partial charge in [0, 0.05) is 18.3 Å². The summed E-state index contributed by atoms with van der Waals surface area (Å²) < 4.78 is 11.2. The van der Waals surface area contributed by atoms with Crippen LogP contribution in [0, 0.1) is 34.5 Å². The van der Waals surface area contributed by atoms with Gasteiger partial charge in [-0.2, -0.15) is 0 Å². The summed E-state index contributed by atoms with van der Waals surface area (Å²) in [7, 11) is 1.43. The molecule has 3 unspecified atom stereocenters. The molecule has 6 nitrogen and oxygen atoms in total. The lowest BCUT2D eigenvalue weighted by Crippen LogP contribution is -2.63. The summed E-state index contributed by atoms with van der Waals surface area (Å²) in [5.41, 5.74) is -0.326. The van der Waals surface area contributed by atoms with Crippen molar-refractivity contribution in [3.05, 3.63) is 11.6 Å². The van der Waals surface area contributed by atoms with Crippen molar-refractivity contribution in [1.29, 1.82) is 0 Å². The minimum Gasteiger partial charge on any atom is -0.469 e. The van der Waals surface area contributed by atoms with Gasteiger partial charge in [0.1, 0.15) is 5.60 Å². The summed E-state index contributed by atoms with van der Waals surface area (Å²) in [6.45, 7) is 4.29. The first-order chi connectivity index (χ1) is 14.2. The molecule has 1 heterocycles. The summed E-state index contributed by atoms with van der Waals surface area (Å²) >= 11 is 0. The minimum absolute atomic E-state index is 0.0554. The molecule has 1 saturated heterocycles. The highest BCUT2D eigenvalue weighted by Crippen LogP contribution is 2.70. The number of hydrogen-bond donors (Lipinski definition) is 1. The highest BCUT2D eigenvalue weighted by Gasteiger charge is 2.72. The number of hydrogen-bond acceptors (Lipinski definition) is 6. The Hall–Kier alpha value is -1.69. The molecule has 0 radical (unpaired) electrons. The summed E-state index contributed by atoms with van der Waals surface area (Å²) in [6.07, 6.45) is 6.17. The second kappa shape index (κ2) is 6.41. The van der Waals surface area contributed by atoms with E-state index in [1.54, 1.807) is 6.08 Å². The number of carbonyl (C=O) groups excluding carboxylic acids is 3. The number of methoxy groups -OCH3 is 1. The number of aliphatic hydroxyl groups excluding tert-OH is 1. The lowest BCUT2D eigenvalue weighted by atomic mass is 9.43.